The predicted octanol–water partition coefficient (Wildman–Crippen LogP) is 5.30. The number of benzene rings is 2. The zero-order valence-corrected chi connectivity index (χ0v) is 22.0. The van der Waals surface area contributed by atoms with Crippen LogP contribution in [0.1, 0.15) is 41.6 Å². The van der Waals surface area contributed by atoms with E-state index in [1.807, 2.05) is 17.0 Å². The monoisotopic (exact) mass is 520 g/mol. The van der Waals surface area contributed by atoms with Crippen molar-refractivity contribution in [3.63, 3.8) is 0 Å². The molecule has 1 atom stereocenters. The molecule has 2 aliphatic rings. The number of hydrogen-bond acceptors (Lipinski definition) is 5. The summed E-state index contributed by atoms with van der Waals surface area (Å²) < 4.78 is 16.3. The molecule has 8 heteroatoms. The van der Waals surface area contributed by atoms with Crippen molar-refractivity contribution >= 4 is 29.1 Å². The van der Waals surface area contributed by atoms with Crippen LogP contribution in [0.25, 0.3) is 0 Å². The number of carbonyl (C=O) groups is 1. The Labute approximate surface area is 218 Å². The number of hydrogen-bond donors (Lipinski definition) is 0. The standard InChI is InChI=1S/C27H34Cl2N2O4/c1-33-21-6-7-22(25(18-21)34-2)26(32)31-12-4-10-27(19-31,20-5-8-23(28)24(29)17-20)9-3-11-30-13-15-35-16-14-30/h5-8,17-18H,3-4,9-16,19H2,1-2H3. The number of nitrogens with zero attached hydrogens (tertiary/aromatic N) is 2. The van der Waals surface area contributed by atoms with Crippen LogP contribution >= 0.6 is 23.2 Å². The summed E-state index contributed by atoms with van der Waals surface area (Å²) in [4.78, 5) is 18.1. The minimum atomic E-state index is -0.186. The van der Waals surface area contributed by atoms with Gasteiger partial charge in [-0.3, -0.25) is 9.69 Å². The highest BCUT2D eigenvalue weighted by Gasteiger charge is 2.39. The summed E-state index contributed by atoms with van der Waals surface area (Å²) >= 11 is 12.7. The highest BCUT2D eigenvalue weighted by Crippen LogP contribution is 2.41. The number of amides is 1. The average Bonchev–Trinajstić information content (AvgIpc) is 2.90. The molecule has 2 aliphatic heterocycles. The maximum atomic E-state index is 13.7. The summed E-state index contributed by atoms with van der Waals surface area (Å²) in [6.07, 6.45) is 3.92. The van der Waals surface area contributed by atoms with Gasteiger partial charge < -0.3 is 19.1 Å². The fraction of sp³-hybridized carbons (Fsp3) is 0.519. The number of carbonyl (C=O) groups excluding carboxylic acids is 1. The zero-order valence-electron chi connectivity index (χ0n) is 20.5. The van der Waals surface area contributed by atoms with Crippen LogP contribution in [0.15, 0.2) is 36.4 Å². The van der Waals surface area contributed by atoms with Crippen molar-refractivity contribution in [3.05, 3.63) is 57.6 Å². The van der Waals surface area contributed by atoms with E-state index in [9.17, 15) is 4.79 Å². The molecule has 2 heterocycles. The minimum absolute atomic E-state index is 0.0261. The van der Waals surface area contributed by atoms with E-state index in [0.29, 0.717) is 40.2 Å². The van der Waals surface area contributed by atoms with Gasteiger partial charge in [0.15, 0.2) is 0 Å². The molecule has 4 rings (SSSR count). The lowest BCUT2D eigenvalue weighted by Gasteiger charge is -2.44. The van der Waals surface area contributed by atoms with E-state index in [-0.39, 0.29) is 11.3 Å². The largest absolute Gasteiger partial charge is 0.497 e. The van der Waals surface area contributed by atoms with Crippen LogP contribution < -0.4 is 9.47 Å². The van der Waals surface area contributed by atoms with Crippen LogP contribution in [0, 0.1) is 0 Å². The molecule has 2 fully saturated rings. The third-order valence-electron chi connectivity index (χ3n) is 7.27. The second-order valence-corrected chi connectivity index (χ2v) is 10.2. The van der Waals surface area contributed by atoms with Crippen molar-refractivity contribution in [1.82, 2.24) is 9.80 Å². The summed E-state index contributed by atoms with van der Waals surface area (Å²) in [5, 5.41) is 1.10. The number of ether oxygens (including phenoxy) is 3. The van der Waals surface area contributed by atoms with E-state index in [1.54, 1.807) is 32.4 Å². The van der Waals surface area contributed by atoms with Crippen molar-refractivity contribution in [2.75, 3.05) is 60.2 Å². The Morgan fingerprint density at radius 1 is 1.03 bits per heavy atom. The Kier molecular flexibility index (Phi) is 8.82. The van der Waals surface area contributed by atoms with E-state index in [1.165, 1.54) is 0 Å². The van der Waals surface area contributed by atoms with Gasteiger partial charge in [0.05, 0.1) is 43.0 Å². The van der Waals surface area contributed by atoms with Crippen molar-refractivity contribution in [1.29, 1.82) is 0 Å². The number of piperidine rings is 1. The molecule has 0 bridgehead atoms. The molecule has 0 aromatic heterocycles. The van der Waals surface area contributed by atoms with E-state index in [2.05, 4.69) is 11.0 Å². The topological polar surface area (TPSA) is 51.2 Å². The molecule has 0 N–H and O–H groups in total. The molecule has 2 aromatic carbocycles. The molecular formula is C27H34Cl2N2O4. The molecule has 35 heavy (non-hydrogen) atoms. The van der Waals surface area contributed by atoms with Gasteiger partial charge in [0, 0.05) is 37.7 Å². The van der Waals surface area contributed by atoms with Gasteiger partial charge >= 0.3 is 0 Å². The summed E-state index contributed by atoms with van der Waals surface area (Å²) in [6, 6.07) is 11.3. The summed E-state index contributed by atoms with van der Waals surface area (Å²) in [7, 11) is 3.18. The lowest BCUT2D eigenvalue weighted by molar-refractivity contribution is 0.0348. The maximum Gasteiger partial charge on any atom is 0.257 e. The lowest BCUT2D eigenvalue weighted by Crippen LogP contribution is -2.49. The number of rotatable bonds is 8. The summed E-state index contributed by atoms with van der Waals surface area (Å²) in [5.74, 6) is 1.15. The first kappa shape index (κ1) is 26.1. The van der Waals surface area contributed by atoms with Crippen molar-refractivity contribution in [2.24, 2.45) is 0 Å². The van der Waals surface area contributed by atoms with Crippen LogP contribution in [0.2, 0.25) is 10.0 Å². The molecule has 0 radical (unpaired) electrons. The number of morpholine rings is 1. The Hall–Kier alpha value is -1.99. The predicted molar refractivity (Wildman–Crippen MR) is 139 cm³/mol. The van der Waals surface area contributed by atoms with Gasteiger partial charge in [-0.2, -0.15) is 0 Å². The molecule has 2 saturated heterocycles. The van der Waals surface area contributed by atoms with Crippen LogP contribution in [-0.4, -0.2) is 75.9 Å². The minimum Gasteiger partial charge on any atom is -0.497 e. The third-order valence-corrected chi connectivity index (χ3v) is 8.01. The Bertz CT molecular complexity index is 1030. The molecule has 1 amide bonds. The zero-order chi connectivity index (χ0) is 24.8. The van der Waals surface area contributed by atoms with Gasteiger partial charge in [-0.05, 0) is 62.1 Å². The van der Waals surface area contributed by atoms with Crippen molar-refractivity contribution in [3.8, 4) is 11.5 Å². The van der Waals surface area contributed by atoms with Crippen LogP contribution in [0.3, 0.4) is 0 Å². The number of halogens is 2. The van der Waals surface area contributed by atoms with Gasteiger partial charge in [0.2, 0.25) is 0 Å². The first-order valence-corrected chi connectivity index (χ1v) is 13.0. The molecular weight excluding hydrogens is 487 g/mol. The molecule has 0 spiro atoms. The summed E-state index contributed by atoms with van der Waals surface area (Å²) in [5.41, 5.74) is 1.51. The number of likely N-dealkylation sites (tertiary alicyclic amines) is 1. The Morgan fingerprint density at radius 3 is 2.54 bits per heavy atom. The van der Waals surface area contributed by atoms with Gasteiger partial charge in [-0.25, -0.2) is 0 Å². The van der Waals surface area contributed by atoms with Gasteiger partial charge in [-0.15, -0.1) is 0 Å². The first-order valence-electron chi connectivity index (χ1n) is 12.2. The van der Waals surface area contributed by atoms with Crippen LogP contribution in [0.5, 0.6) is 11.5 Å². The van der Waals surface area contributed by atoms with Gasteiger partial charge in [0.1, 0.15) is 11.5 Å². The second kappa shape index (κ2) is 11.8. The highest BCUT2D eigenvalue weighted by molar-refractivity contribution is 6.42. The molecule has 1 unspecified atom stereocenters. The molecule has 6 nitrogen and oxygen atoms in total. The van der Waals surface area contributed by atoms with E-state index < -0.39 is 0 Å². The quantitative estimate of drug-likeness (QED) is 0.472. The molecule has 190 valence electrons. The van der Waals surface area contributed by atoms with Crippen molar-refractivity contribution in [2.45, 2.75) is 31.1 Å². The van der Waals surface area contributed by atoms with Crippen molar-refractivity contribution < 1.29 is 19.0 Å². The normalized spacial score (nSPS) is 21.1. The lowest BCUT2D eigenvalue weighted by atomic mass is 9.71. The molecule has 0 aliphatic carbocycles. The molecule has 0 saturated carbocycles. The smallest absolute Gasteiger partial charge is 0.257 e. The SMILES string of the molecule is COc1ccc(C(=O)N2CCCC(CCCN3CCOCC3)(c3ccc(Cl)c(Cl)c3)C2)c(OC)c1. The number of methoxy groups -OCH3 is 2. The maximum absolute atomic E-state index is 13.7. The van der Waals surface area contributed by atoms with E-state index in [4.69, 9.17) is 37.4 Å². The van der Waals surface area contributed by atoms with Gasteiger partial charge in [0.25, 0.3) is 5.91 Å². The van der Waals surface area contributed by atoms with E-state index >= 15 is 0 Å². The highest BCUT2D eigenvalue weighted by atomic mass is 35.5. The summed E-state index contributed by atoms with van der Waals surface area (Å²) in [6.45, 7) is 5.90. The average molecular weight is 521 g/mol. The fourth-order valence-corrected chi connectivity index (χ4v) is 5.62. The van der Waals surface area contributed by atoms with Gasteiger partial charge in [-0.1, -0.05) is 29.3 Å². The van der Waals surface area contributed by atoms with E-state index in [0.717, 1.165) is 64.1 Å². The third kappa shape index (κ3) is 6.05. The Balaban J connectivity index is 1.58. The molecule has 2 aromatic rings. The second-order valence-electron chi connectivity index (χ2n) is 9.36. The first-order chi connectivity index (χ1) is 17.0. The fourth-order valence-electron chi connectivity index (χ4n) is 5.33. The van der Waals surface area contributed by atoms with Crippen LogP contribution in [-0.2, 0) is 10.2 Å². The Morgan fingerprint density at radius 2 is 1.83 bits per heavy atom. The van der Waals surface area contributed by atoms with Crippen LogP contribution in [0.4, 0.5) is 0 Å².